The van der Waals surface area contributed by atoms with E-state index in [1.807, 2.05) is 0 Å². The Morgan fingerprint density at radius 2 is 2.25 bits per heavy atom. The second kappa shape index (κ2) is 8.15. The van der Waals surface area contributed by atoms with Gasteiger partial charge in [0.25, 0.3) is 0 Å². The van der Waals surface area contributed by atoms with Gasteiger partial charge in [0.2, 0.25) is 4.73 Å². The highest BCUT2D eigenvalue weighted by Gasteiger charge is 2.22. The first-order valence-corrected chi connectivity index (χ1v) is 8.70. The molecule has 8 heteroatoms. The summed E-state index contributed by atoms with van der Waals surface area (Å²) >= 11 is 3.20. The van der Waals surface area contributed by atoms with Crippen LogP contribution in [0.15, 0.2) is 29.0 Å². The molecule has 1 aliphatic rings. The molecule has 2 aromatic rings. The Morgan fingerprint density at radius 1 is 1.42 bits per heavy atom. The van der Waals surface area contributed by atoms with Crippen molar-refractivity contribution in [2.45, 2.75) is 38.2 Å². The zero-order chi connectivity index (χ0) is 16.9. The molecule has 130 valence electrons. The maximum Gasteiger partial charge on any atom is 0.217 e. The maximum absolute atomic E-state index is 13.9. The molecular weight excluding hydrogens is 381 g/mol. The van der Waals surface area contributed by atoms with Gasteiger partial charge in [-0.05, 0) is 41.3 Å². The topological polar surface area (TPSA) is 69.4 Å². The van der Waals surface area contributed by atoms with Gasteiger partial charge in [-0.2, -0.15) is 0 Å². The standard InChI is InChI=1S/C16H19BrFN3O3/c17-16-19-15(14(22)11-5-1-2-6-12(11)18)21(20-16)8-10-24-13-7-3-4-9-23-13/h1-2,5-6,13-14,22H,3-4,7-10H2. The first kappa shape index (κ1) is 17.5. The molecule has 2 atom stereocenters. The van der Waals surface area contributed by atoms with Gasteiger partial charge in [-0.25, -0.2) is 14.1 Å². The molecule has 0 radical (unpaired) electrons. The summed E-state index contributed by atoms with van der Waals surface area (Å²) in [6, 6.07) is 6.07. The summed E-state index contributed by atoms with van der Waals surface area (Å²) < 4.78 is 26.9. The number of hydrogen-bond acceptors (Lipinski definition) is 5. The molecular formula is C16H19BrFN3O3. The molecule has 0 aliphatic carbocycles. The van der Waals surface area contributed by atoms with Crippen molar-refractivity contribution in [3.8, 4) is 0 Å². The normalized spacial score (nSPS) is 19.4. The average Bonchev–Trinajstić information content (AvgIpc) is 2.96. The van der Waals surface area contributed by atoms with Crippen LogP contribution in [0, 0.1) is 5.82 Å². The second-order valence-electron chi connectivity index (χ2n) is 5.55. The summed E-state index contributed by atoms with van der Waals surface area (Å²) in [5.41, 5.74) is 0.162. The SMILES string of the molecule is OC(c1ccccc1F)c1nc(Br)nn1CCOC1CCCCO1. The van der Waals surface area contributed by atoms with Gasteiger partial charge < -0.3 is 14.6 Å². The fourth-order valence-corrected chi connectivity index (χ4v) is 3.01. The monoisotopic (exact) mass is 399 g/mol. The quantitative estimate of drug-likeness (QED) is 0.808. The van der Waals surface area contributed by atoms with Crippen molar-refractivity contribution in [2.24, 2.45) is 0 Å². The molecule has 0 spiro atoms. The predicted octanol–water partition coefficient (Wildman–Crippen LogP) is 2.80. The summed E-state index contributed by atoms with van der Waals surface area (Å²) in [4.78, 5) is 4.16. The fraction of sp³-hybridized carbons (Fsp3) is 0.500. The van der Waals surface area contributed by atoms with Crippen LogP contribution in [0.1, 0.15) is 36.8 Å². The molecule has 2 unspecified atom stereocenters. The third kappa shape index (κ3) is 4.18. The minimum Gasteiger partial charge on any atom is -0.380 e. The summed E-state index contributed by atoms with van der Waals surface area (Å²) in [5.74, 6) is -0.220. The van der Waals surface area contributed by atoms with Crippen LogP contribution in [0.5, 0.6) is 0 Å². The molecule has 1 aromatic carbocycles. The highest BCUT2D eigenvalue weighted by Crippen LogP contribution is 2.24. The van der Waals surface area contributed by atoms with Crippen LogP contribution in [0.4, 0.5) is 4.39 Å². The van der Waals surface area contributed by atoms with Crippen LogP contribution < -0.4 is 0 Å². The van der Waals surface area contributed by atoms with Crippen molar-refractivity contribution in [3.63, 3.8) is 0 Å². The van der Waals surface area contributed by atoms with Crippen LogP contribution in [0.3, 0.4) is 0 Å². The van der Waals surface area contributed by atoms with Crippen LogP contribution >= 0.6 is 15.9 Å². The van der Waals surface area contributed by atoms with Crippen LogP contribution in [-0.2, 0) is 16.0 Å². The number of nitrogens with zero attached hydrogens (tertiary/aromatic N) is 3. The number of hydrogen-bond donors (Lipinski definition) is 1. The number of aliphatic hydroxyl groups is 1. The molecule has 1 saturated heterocycles. The Kier molecular flexibility index (Phi) is 5.94. The third-order valence-corrected chi connectivity index (χ3v) is 4.20. The Hall–Kier alpha value is -1.35. The van der Waals surface area contributed by atoms with Crippen molar-refractivity contribution in [1.82, 2.24) is 14.8 Å². The lowest BCUT2D eigenvalue weighted by molar-refractivity contribution is -0.164. The van der Waals surface area contributed by atoms with Gasteiger partial charge in [0.1, 0.15) is 11.9 Å². The lowest BCUT2D eigenvalue weighted by atomic mass is 10.1. The molecule has 3 rings (SSSR count). The number of halogens is 2. The smallest absolute Gasteiger partial charge is 0.217 e. The lowest BCUT2D eigenvalue weighted by Gasteiger charge is -2.22. The molecule has 1 fully saturated rings. The molecule has 0 bridgehead atoms. The minimum atomic E-state index is -1.20. The Bertz CT molecular complexity index is 676. The largest absolute Gasteiger partial charge is 0.380 e. The summed E-state index contributed by atoms with van der Waals surface area (Å²) in [5, 5.41) is 14.7. The second-order valence-corrected chi connectivity index (χ2v) is 6.26. The summed E-state index contributed by atoms with van der Waals surface area (Å²) in [7, 11) is 0. The van der Waals surface area contributed by atoms with E-state index in [2.05, 4.69) is 26.0 Å². The van der Waals surface area contributed by atoms with E-state index in [0.717, 1.165) is 25.9 Å². The van der Waals surface area contributed by atoms with E-state index in [-0.39, 0.29) is 17.7 Å². The van der Waals surface area contributed by atoms with E-state index in [4.69, 9.17) is 9.47 Å². The zero-order valence-corrected chi connectivity index (χ0v) is 14.7. The van der Waals surface area contributed by atoms with Gasteiger partial charge in [0, 0.05) is 12.2 Å². The first-order chi connectivity index (χ1) is 11.6. The highest BCUT2D eigenvalue weighted by molar-refractivity contribution is 9.10. The third-order valence-electron chi connectivity index (χ3n) is 3.86. The van der Waals surface area contributed by atoms with Crippen LogP contribution in [0.25, 0.3) is 0 Å². The molecule has 24 heavy (non-hydrogen) atoms. The molecule has 1 aromatic heterocycles. The van der Waals surface area contributed by atoms with Gasteiger partial charge in [0.05, 0.1) is 13.2 Å². The van der Waals surface area contributed by atoms with Crippen molar-refractivity contribution in [3.05, 3.63) is 46.2 Å². The number of aromatic nitrogens is 3. The van der Waals surface area contributed by atoms with Gasteiger partial charge in [-0.3, -0.25) is 0 Å². The number of benzene rings is 1. The number of rotatable bonds is 6. The van der Waals surface area contributed by atoms with E-state index in [9.17, 15) is 9.50 Å². The minimum absolute atomic E-state index is 0.162. The van der Waals surface area contributed by atoms with Crippen molar-refractivity contribution >= 4 is 15.9 Å². The van der Waals surface area contributed by atoms with Crippen LogP contribution in [-0.4, -0.2) is 39.4 Å². The van der Waals surface area contributed by atoms with E-state index >= 15 is 0 Å². The maximum atomic E-state index is 13.9. The van der Waals surface area contributed by atoms with Gasteiger partial charge in [-0.15, -0.1) is 5.10 Å². The van der Waals surface area contributed by atoms with E-state index in [1.54, 1.807) is 12.1 Å². The van der Waals surface area contributed by atoms with Gasteiger partial charge >= 0.3 is 0 Å². The zero-order valence-electron chi connectivity index (χ0n) is 13.1. The fourth-order valence-electron chi connectivity index (χ4n) is 2.64. The molecule has 1 N–H and O–H groups in total. The Labute approximate surface area is 147 Å². The summed E-state index contributed by atoms with van der Waals surface area (Å²) in [6.07, 6.45) is 1.65. The van der Waals surface area contributed by atoms with Gasteiger partial charge in [0.15, 0.2) is 12.1 Å². The summed E-state index contributed by atoms with van der Waals surface area (Å²) in [6.45, 7) is 1.48. The molecule has 1 aliphatic heterocycles. The molecule has 0 saturated carbocycles. The number of aliphatic hydroxyl groups excluding tert-OH is 1. The highest BCUT2D eigenvalue weighted by atomic mass is 79.9. The van der Waals surface area contributed by atoms with E-state index in [1.165, 1.54) is 16.8 Å². The number of ether oxygens (including phenoxy) is 2. The first-order valence-electron chi connectivity index (χ1n) is 7.91. The van der Waals surface area contributed by atoms with E-state index < -0.39 is 11.9 Å². The average molecular weight is 400 g/mol. The predicted molar refractivity (Wildman–Crippen MR) is 87.7 cm³/mol. The Balaban J connectivity index is 1.67. The van der Waals surface area contributed by atoms with Gasteiger partial charge in [-0.1, -0.05) is 18.2 Å². The van der Waals surface area contributed by atoms with Crippen molar-refractivity contribution < 1.29 is 19.0 Å². The molecule has 2 heterocycles. The molecule has 6 nitrogen and oxygen atoms in total. The van der Waals surface area contributed by atoms with Crippen LogP contribution in [0.2, 0.25) is 0 Å². The lowest BCUT2D eigenvalue weighted by Crippen LogP contribution is -2.24. The van der Waals surface area contributed by atoms with Crippen molar-refractivity contribution in [1.29, 1.82) is 0 Å². The molecule has 0 amide bonds. The Morgan fingerprint density at radius 3 is 3.00 bits per heavy atom. The van der Waals surface area contributed by atoms with E-state index in [0.29, 0.717) is 17.9 Å². The van der Waals surface area contributed by atoms with Crippen molar-refractivity contribution in [2.75, 3.05) is 13.2 Å².